The Balaban J connectivity index is 1.43. The molecule has 2 N–H and O–H groups in total. The maximum atomic E-state index is 14.1. The number of halogens is 5. The van der Waals surface area contributed by atoms with Gasteiger partial charge in [0.25, 0.3) is 0 Å². The predicted molar refractivity (Wildman–Crippen MR) is 144 cm³/mol. The number of Topliss-reactive ketones (excluding diaryl/α,β-unsaturated/α-hetero) is 1. The van der Waals surface area contributed by atoms with Crippen molar-refractivity contribution in [1.29, 1.82) is 0 Å². The van der Waals surface area contributed by atoms with Crippen molar-refractivity contribution in [2.75, 3.05) is 6.61 Å². The van der Waals surface area contributed by atoms with Crippen LogP contribution in [0.5, 0.6) is 11.6 Å². The van der Waals surface area contributed by atoms with Crippen LogP contribution in [0, 0.1) is 5.92 Å². The Morgan fingerprint density at radius 2 is 1.82 bits per heavy atom. The number of carbonyl (C=O) groups is 2. The van der Waals surface area contributed by atoms with Crippen LogP contribution in [0.15, 0.2) is 54.1 Å². The van der Waals surface area contributed by atoms with Gasteiger partial charge in [-0.25, -0.2) is 4.98 Å². The molecule has 1 aliphatic carbocycles. The first-order chi connectivity index (χ1) is 19.1. The van der Waals surface area contributed by atoms with E-state index in [1.54, 1.807) is 36.4 Å². The number of ketones is 1. The molecule has 1 aliphatic heterocycles. The molecule has 0 saturated heterocycles. The number of hydrogen-bond donors (Lipinski definition) is 1. The Labute approximate surface area is 237 Å². The number of rotatable bonds is 8. The summed E-state index contributed by atoms with van der Waals surface area (Å²) in [6, 6.07) is 12.1. The van der Waals surface area contributed by atoms with E-state index in [0.29, 0.717) is 36.9 Å². The molecule has 0 radical (unpaired) electrons. The molecule has 0 bridgehead atoms. The second kappa shape index (κ2) is 11.1. The van der Waals surface area contributed by atoms with Crippen molar-refractivity contribution in [2.24, 2.45) is 11.7 Å². The van der Waals surface area contributed by atoms with Crippen LogP contribution >= 0.6 is 23.2 Å². The third kappa shape index (κ3) is 5.81. The van der Waals surface area contributed by atoms with Gasteiger partial charge in [0.2, 0.25) is 5.88 Å². The predicted octanol–water partition coefficient (Wildman–Crippen LogP) is 7.01. The highest BCUT2D eigenvalue weighted by Gasteiger charge is 2.39. The number of carbonyl (C=O) groups excluding carboxylic acids is 2. The van der Waals surface area contributed by atoms with E-state index in [1.807, 2.05) is 0 Å². The van der Waals surface area contributed by atoms with Crippen molar-refractivity contribution in [1.82, 2.24) is 4.98 Å². The summed E-state index contributed by atoms with van der Waals surface area (Å²) in [7, 11) is 0. The standard InChI is InChI=1S/C29H23Cl2F3N2O4/c30-20-2-1-3-21(31)25(20)26(35)19(27(38)16-5-6-16)14-39-24-11-8-18(28(36-24)29(32,33)34)23-10-7-17-12-15(13-37)4-9-22(17)40-23/h1-4,8-9,11-13,16,23H,5-7,10,14,35H2. The van der Waals surface area contributed by atoms with Crippen LogP contribution in [0.1, 0.15) is 58.1 Å². The summed E-state index contributed by atoms with van der Waals surface area (Å²) < 4.78 is 53.9. The average Bonchev–Trinajstić information content (AvgIpc) is 3.77. The lowest BCUT2D eigenvalue weighted by molar-refractivity contribution is -0.143. The Hall–Kier alpha value is -3.56. The molecule has 1 unspecified atom stereocenters. The van der Waals surface area contributed by atoms with E-state index in [4.69, 9.17) is 38.4 Å². The topological polar surface area (TPSA) is 91.5 Å². The minimum Gasteiger partial charge on any atom is -0.485 e. The smallest absolute Gasteiger partial charge is 0.433 e. The zero-order valence-electron chi connectivity index (χ0n) is 20.9. The molecule has 2 heterocycles. The highest BCUT2D eigenvalue weighted by atomic mass is 35.5. The number of pyridine rings is 1. The van der Waals surface area contributed by atoms with Gasteiger partial charge in [0.05, 0.1) is 21.3 Å². The molecule has 5 rings (SSSR count). The van der Waals surface area contributed by atoms with Crippen LogP contribution in [0.2, 0.25) is 10.0 Å². The number of aldehydes is 1. The van der Waals surface area contributed by atoms with E-state index >= 15 is 0 Å². The largest absolute Gasteiger partial charge is 0.485 e. The SMILES string of the molecule is NC(=C(COc1ccc(C2CCc3cc(C=O)ccc3O2)c(C(F)(F)F)n1)C(=O)C1CC1)c1c(Cl)cccc1Cl. The van der Waals surface area contributed by atoms with Crippen molar-refractivity contribution in [3.8, 4) is 11.6 Å². The van der Waals surface area contributed by atoms with E-state index < -0.39 is 24.6 Å². The fraction of sp³-hybridized carbons (Fsp3) is 0.276. The summed E-state index contributed by atoms with van der Waals surface area (Å²) in [5.74, 6) is -0.430. The number of ether oxygens (including phenoxy) is 2. The van der Waals surface area contributed by atoms with Gasteiger partial charge in [-0.15, -0.1) is 0 Å². The molecule has 1 aromatic heterocycles. The van der Waals surface area contributed by atoms with Crippen LogP contribution in [0.25, 0.3) is 5.70 Å². The van der Waals surface area contributed by atoms with Crippen molar-refractivity contribution in [3.63, 3.8) is 0 Å². The van der Waals surface area contributed by atoms with Crippen LogP contribution in [-0.4, -0.2) is 23.7 Å². The first kappa shape index (κ1) is 28.0. The van der Waals surface area contributed by atoms with Crippen molar-refractivity contribution in [2.45, 2.75) is 38.0 Å². The Morgan fingerprint density at radius 3 is 2.48 bits per heavy atom. The molecule has 1 atom stereocenters. The third-order valence-electron chi connectivity index (χ3n) is 6.85. The van der Waals surface area contributed by atoms with Crippen LogP contribution < -0.4 is 15.2 Å². The highest BCUT2D eigenvalue weighted by Crippen LogP contribution is 2.41. The highest BCUT2D eigenvalue weighted by molar-refractivity contribution is 6.37. The van der Waals surface area contributed by atoms with Gasteiger partial charge in [0.1, 0.15) is 24.7 Å². The monoisotopic (exact) mass is 590 g/mol. The molecule has 1 saturated carbocycles. The first-order valence-corrected chi connectivity index (χ1v) is 13.2. The lowest BCUT2D eigenvalue weighted by atomic mass is 9.95. The Bertz CT molecular complexity index is 1500. The number of aryl methyl sites for hydroxylation is 1. The molecule has 6 nitrogen and oxygen atoms in total. The van der Waals surface area contributed by atoms with Crippen molar-refractivity contribution in [3.05, 3.63) is 92.1 Å². The van der Waals surface area contributed by atoms with E-state index in [-0.39, 0.29) is 56.4 Å². The van der Waals surface area contributed by atoms with Crippen LogP contribution in [0.3, 0.4) is 0 Å². The number of alkyl halides is 3. The minimum absolute atomic E-state index is 0.00664. The van der Waals surface area contributed by atoms with Gasteiger partial charge in [-0.2, -0.15) is 13.2 Å². The van der Waals surface area contributed by atoms with Gasteiger partial charge in [-0.1, -0.05) is 29.3 Å². The first-order valence-electron chi connectivity index (χ1n) is 12.5. The van der Waals surface area contributed by atoms with E-state index in [9.17, 15) is 22.8 Å². The summed E-state index contributed by atoms with van der Waals surface area (Å²) >= 11 is 12.6. The summed E-state index contributed by atoms with van der Waals surface area (Å²) in [5.41, 5.74) is 6.58. The lowest BCUT2D eigenvalue weighted by Gasteiger charge is -2.28. The lowest BCUT2D eigenvalue weighted by Crippen LogP contribution is -2.22. The number of hydrogen-bond acceptors (Lipinski definition) is 6. The number of nitrogens with zero attached hydrogens (tertiary/aromatic N) is 1. The Morgan fingerprint density at radius 1 is 1.10 bits per heavy atom. The second-order valence-electron chi connectivity index (χ2n) is 9.63. The van der Waals surface area contributed by atoms with Gasteiger partial charge in [0.15, 0.2) is 11.5 Å². The summed E-state index contributed by atoms with van der Waals surface area (Å²) in [4.78, 5) is 27.9. The van der Waals surface area contributed by atoms with Crippen LogP contribution in [-0.2, 0) is 17.4 Å². The van der Waals surface area contributed by atoms with Crippen LogP contribution in [0.4, 0.5) is 13.2 Å². The average molecular weight is 591 g/mol. The number of aromatic nitrogens is 1. The van der Waals surface area contributed by atoms with Gasteiger partial charge < -0.3 is 15.2 Å². The summed E-state index contributed by atoms with van der Waals surface area (Å²) in [6.45, 7) is -0.418. The molecule has 3 aromatic rings. The molecule has 0 amide bonds. The molecular weight excluding hydrogens is 568 g/mol. The quantitative estimate of drug-likeness (QED) is 0.224. The molecule has 11 heteroatoms. The molecular formula is C29H23Cl2F3N2O4. The third-order valence-corrected chi connectivity index (χ3v) is 7.48. The van der Waals surface area contributed by atoms with Crippen molar-refractivity contribution >= 4 is 41.0 Å². The Kier molecular flexibility index (Phi) is 7.79. The van der Waals surface area contributed by atoms with Gasteiger partial charge >= 0.3 is 6.18 Å². The number of nitrogens with two attached hydrogens (primary N) is 1. The molecule has 208 valence electrons. The zero-order chi connectivity index (χ0) is 28.6. The molecule has 40 heavy (non-hydrogen) atoms. The minimum atomic E-state index is -4.80. The molecule has 2 aliphatic rings. The fourth-order valence-corrected chi connectivity index (χ4v) is 5.25. The maximum Gasteiger partial charge on any atom is 0.433 e. The van der Waals surface area contributed by atoms with Gasteiger partial charge in [-0.05, 0) is 67.6 Å². The van der Waals surface area contributed by atoms with E-state index in [2.05, 4.69) is 4.98 Å². The second-order valence-corrected chi connectivity index (χ2v) is 10.4. The zero-order valence-corrected chi connectivity index (χ0v) is 22.4. The number of benzene rings is 2. The molecule has 1 fully saturated rings. The maximum absolute atomic E-state index is 14.1. The fourth-order valence-electron chi connectivity index (χ4n) is 4.65. The van der Waals surface area contributed by atoms with Gasteiger partial charge in [0, 0.05) is 28.7 Å². The van der Waals surface area contributed by atoms with Crippen molar-refractivity contribution < 1.29 is 32.2 Å². The van der Waals surface area contributed by atoms with Gasteiger partial charge in [-0.3, -0.25) is 9.59 Å². The molecule has 2 aromatic carbocycles. The molecule has 0 spiro atoms. The normalized spacial score (nSPS) is 17.4. The van der Waals surface area contributed by atoms with E-state index in [0.717, 1.165) is 5.56 Å². The number of fused-ring (bicyclic) bond motifs is 1. The summed E-state index contributed by atoms with van der Waals surface area (Å²) in [6.07, 6.45) is -2.96. The summed E-state index contributed by atoms with van der Waals surface area (Å²) in [5, 5.41) is 0.453. The van der Waals surface area contributed by atoms with E-state index in [1.165, 1.54) is 12.1 Å².